The van der Waals surface area contributed by atoms with Crippen LogP contribution in [0, 0.1) is 11.7 Å². The number of benzene rings is 1. The van der Waals surface area contributed by atoms with E-state index in [2.05, 4.69) is 4.98 Å². The van der Waals surface area contributed by atoms with Crippen molar-refractivity contribution in [2.24, 2.45) is 5.92 Å². The van der Waals surface area contributed by atoms with Crippen molar-refractivity contribution in [2.75, 3.05) is 6.61 Å². The Hall–Kier alpha value is -2.43. The van der Waals surface area contributed by atoms with Crippen LogP contribution in [0.1, 0.15) is 29.6 Å². The Bertz CT molecular complexity index is 720. The molecule has 3 atom stereocenters. The van der Waals surface area contributed by atoms with Crippen LogP contribution in [0.3, 0.4) is 0 Å². The van der Waals surface area contributed by atoms with Gasteiger partial charge in [0.2, 0.25) is 0 Å². The molecule has 1 amide bonds. The summed E-state index contributed by atoms with van der Waals surface area (Å²) in [6.45, 7) is 0.443. The normalized spacial score (nSPS) is 25.0. The summed E-state index contributed by atoms with van der Waals surface area (Å²) in [4.78, 5) is 18.9. The number of halogens is 1. The number of likely N-dealkylation sites (tertiary alicyclic amines) is 1. The first kappa shape index (κ1) is 15.1. The van der Waals surface area contributed by atoms with E-state index in [0.717, 1.165) is 19.3 Å². The highest BCUT2D eigenvalue weighted by molar-refractivity contribution is 5.94. The summed E-state index contributed by atoms with van der Waals surface area (Å²) < 4.78 is 18.8. The van der Waals surface area contributed by atoms with Crippen LogP contribution in [0.4, 0.5) is 4.39 Å². The maximum absolute atomic E-state index is 13.0. The molecule has 24 heavy (non-hydrogen) atoms. The average Bonchev–Trinajstić information content (AvgIpc) is 3.23. The van der Waals surface area contributed by atoms with Crippen molar-refractivity contribution in [3.63, 3.8) is 0 Å². The largest absolute Gasteiger partial charge is 0.491 e. The second-order valence-corrected chi connectivity index (χ2v) is 6.51. The molecule has 1 aromatic carbocycles. The smallest absolute Gasteiger partial charge is 0.256 e. The highest BCUT2D eigenvalue weighted by atomic mass is 19.1. The van der Waals surface area contributed by atoms with E-state index in [-0.39, 0.29) is 17.8 Å². The Kier molecular flexibility index (Phi) is 3.92. The van der Waals surface area contributed by atoms with Crippen LogP contribution in [0.5, 0.6) is 5.75 Å². The third-order valence-electron chi connectivity index (χ3n) is 5.12. The molecular weight excluding hydrogens is 307 g/mol. The molecule has 1 aliphatic heterocycles. The summed E-state index contributed by atoms with van der Waals surface area (Å²) in [6, 6.07) is 9.96. The molecule has 1 aromatic heterocycles. The molecule has 5 heteroatoms. The van der Waals surface area contributed by atoms with Crippen molar-refractivity contribution in [1.82, 2.24) is 9.88 Å². The maximum Gasteiger partial charge on any atom is 0.256 e. The van der Waals surface area contributed by atoms with E-state index in [1.54, 1.807) is 36.7 Å². The molecule has 0 radical (unpaired) electrons. The lowest BCUT2D eigenvalue weighted by Gasteiger charge is -2.35. The van der Waals surface area contributed by atoms with E-state index < -0.39 is 0 Å². The fourth-order valence-corrected chi connectivity index (χ4v) is 3.98. The monoisotopic (exact) mass is 326 g/mol. The summed E-state index contributed by atoms with van der Waals surface area (Å²) in [5.41, 5.74) is 0.622. The van der Waals surface area contributed by atoms with Gasteiger partial charge in [0, 0.05) is 18.4 Å². The fraction of sp³-hybridized carbons (Fsp3) is 0.368. The topological polar surface area (TPSA) is 42.4 Å². The van der Waals surface area contributed by atoms with Gasteiger partial charge in [0.1, 0.15) is 18.2 Å². The van der Waals surface area contributed by atoms with Gasteiger partial charge in [-0.25, -0.2) is 4.39 Å². The second-order valence-electron chi connectivity index (χ2n) is 6.51. The number of rotatable bonds is 4. The minimum absolute atomic E-state index is 0.0306. The number of aromatic nitrogens is 1. The molecule has 2 aliphatic rings. The molecule has 0 N–H and O–H groups in total. The SMILES string of the molecule is O=C(c1cccnc1)N1[C@@H]2CC[C@@H](C2)[C@H]1COc1ccc(F)cc1. The standard InChI is InChI=1S/C19H19FN2O2/c20-15-4-7-17(8-5-15)24-12-18-13-3-6-16(10-13)22(18)19(23)14-2-1-9-21-11-14/h1-2,4-5,7-9,11,13,16,18H,3,6,10,12H2/t13-,16+,18+/m0/s1. The second kappa shape index (κ2) is 6.23. The lowest BCUT2D eigenvalue weighted by molar-refractivity contribution is 0.0505. The van der Waals surface area contributed by atoms with Gasteiger partial charge in [-0.05, 0) is 61.6 Å². The van der Waals surface area contributed by atoms with Gasteiger partial charge >= 0.3 is 0 Å². The minimum Gasteiger partial charge on any atom is -0.491 e. The van der Waals surface area contributed by atoms with Crippen molar-refractivity contribution in [3.05, 3.63) is 60.2 Å². The highest BCUT2D eigenvalue weighted by Gasteiger charge is 2.48. The van der Waals surface area contributed by atoms with Gasteiger partial charge < -0.3 is 9.64 Å². The Morgan fingerprint density at radius 1 is 1.25 bits per heavy atom. The molecule has 2 heterocycles. The molecule has 4 rings (SSSR count). The lowest BCUT2D eigenvalue weighted by atomic mass is 9.99. The molecule has 2 fully saturated rings. The van der Waals surface area contributed by atoms with E-state index in [0.29, 0.717) is 29.9 Å². The van der Waals surface area contributed by atoms with Gasteiger partial charge in [-0.3, -0.25) is 9.78 Å². The van der Waals surface area contributed by atoms with E-state index in [1.807, 2.05) is 4.90 Å². The molecule has 1 saturated heterocycles. The Morgan fingerprint density at radius 3 is 2.83 bits per heavy atom. The first-order valence-electron chi connectivity index (χ1n) is 8.33. The van der Waals surface area contributed by atoms with E-state index in [9.17, 15) is 9.18 Å². The zero-order chi connectivity index (χ0) is 16.5. The van der Waals surface area contributed by atoms with Crippen LogP contribution < -0.4 is 4.74 Å². The maximum atomic E-state index is 13.0. The number of carbonyl (C=O) groups excluding carboxylic acids is 1. The fourth-order valence-electron chi connectivity index (χ4n) is 3.98. The summed E-state index contributed by atoms with van der Waals surface area (Å²) in [5.74, 6) is 0.864. The average molecular weight is 326 g/mol. The molecule has 1 saturated carbocycles. The zero-order valence-corrected chi connectivity index (χ0v) is 13.3. The summed E-state index contributed by atoms with van der Waals surface area (Å²) in [6.07, 6.45) is 6.53. The first-order valence-corrected chi connectivity index (χ1v) is 8.33. The van der Waals surface area contributed by atoms with Crippen LogP contribution in [0.2, 0.25) is 0 Å². The molecule has 2 bridgehead atoms. The molecule has 0 unspecified atom stereocenters. The number of fused-ring (bicyclic) bond motifs is 2. The number of nitrogens with zero attached hydrogens (tertiary/aromatic N) is 2. The Balaban J connectivity index is 1.50. The number of carbonyl (C=O) groups is 1. The van der Waals surface area contributed by atoms with Crippen LogP contribution in [0.15, 0.2) is 48.8 Å². The van der Waals surface area contributed by atoms with Crippen molar-refractivity contribution in [1.29, 1.82) is 0 Å². The van der Waals surface area contributed by atoms with E-state index in [1.165, 1.54) is 12.1 Å². The minimum atomic E-state index is -0.282. The van der Waals surface area contributed by atoms with Crippen molar-refractivity contribution in [3.8, 4) is 5.75 Å². The first-order chi connectivity index (χ1) is 11.7. The van der Waals surface area contributed by atoms with Gasteiger partial charge in [0.15, 0.2) is 0 Å². The quantitative estimate of drug-likeness (QED) is 0.866. The third kappa shape index (κ3) is 2.75. The number of hydrogen-bond acceptors (Lipinski definition) is 3. The van der Waals surface area contributed by atoms with Crippen LogP contribution in [0.25, 0.3) is 0 Å². The molecule has 0 spiro atoms. The number of pyridine rings is 1. The summed E-state index contributed by atoms with van der Waals surface area (Å²) in [5, 5.41) is 0. The van der Waals surface area contributed by atoms with Gasteiger partial charge in [0.05, 0.1) is 11.6 Å². The van der Waals surface area contributed by atoms with Gasteiger partial charge in [0.25, 0.3) is 5.91 Å². The number of ether oxygens (including phenoxy) is 1. The Morgan fingerprint density at radius 2 is 2.08 bits per heavy atom. The Labute approximate surface area is 140 Å². The van der Waals surface area contributed by atoms with Crippen LogP contribution in [-0.2, 0) is 0 Å². The van der Waals surface area contributed by atoms with Gasteiger partial charge in [-0.1, -0.05) is 0 Å². The van der Waals surface area contributed by atoms with Crippen LogP contribution in [-0.4, -0.2) is 34.5 Å². The van der Waals surface area contributed by atoms with E-state index in [4.69, 9.17) is 4.74 Å². The molecular formula is C19H19FN2O2. The van der Waals surface area contributed by atoms with E-state index >= 15 is 0 Å². The van der Waals surface area contributed by atoms with Gasteiger partial charge in [-0.2, -0.15) is 0 Å². The number of hydrogen-bond donors (Lipinski definition) is 0. The predicted molar refractivity (Wildman–Crippen MR) is 87.2 cm³/mol. The van der Waals surface area contributed by atoms with Gasteiger partial charge in [-0.15, -0.1) is 0 Å². The predicted octanol–water partition coefficient (Wildman–Crippen LogP) is 3.29. The zero-order valence-electron chi connectivity index (χ0n) is 13.3. The van der Waals surface area contributed by atoms with Crippen molar-refractivity contribution < 1.29 is 13.9 Å². The molecule has 124 valence electrons. The highest BCUT2D eigenvalue weighted by Crippen LogP contribution is 2.43. The number of piperidine rings is 1. The van der Waals surface area contributed by atoms with Crippen molar-refractivity contribution in [2.45, 2.75) is 31.3 Å². The lowest BCUT2D eigenvalue weighted by Crippen LogP contribution is -2.47. The molecule has 2 aromatic rings. The van der Waals surface area contributed by atoms with Crippen LogP contribution >= 0.6 is 0 Å². The third-order valence-corrected chi connectivity index (χ3v) is 5.12. The number of amides is 1. The molecule has 4 nitrogen and oxygen atoms in total. The summed E-state index contributed by atoms with van der Waals surface area (Å²) >= 11 is 0. The molecule has 1 aliphatic carbocycles. The summed E-state index contributed by atoms with van der Waals surface area (Å²) in [7, 11) is 0. The van der Waals surface area contributed by atoms with Crippen molar-refractivity contribution >= 4 is 5.91 Å².